The zero-order valence-corrected chi connectivity index (χ0v) is 16.9. The standard InChI is InChI=1S/C21H18ClN5O2/c1-12-4-7-15(10-18(12)22)24-21(28)19-13(2)27-20(26-25-19)17(11-23-27)14-5-8-16(29-3)9-6-14/h4-11H,1-3H3,(H,24,28). The molecule has 0 aliphatic carbocycles. The van der Waals surface area contributed by atoms with Crippen molar-refractivity contribution in [3.8, 4) is 16.9 Å². The maximum Gasteiger partial charge on any atom is 0.278 e. The molecule has 29 heavy (non-hydrogen) atoms. The number of carbonyl (C=O) groups is 1. The second-order valence-electron chi connectivity index (χ2n) is 6.57. The lowest BCUT2D eigenvalue weighted by atomic mass is 10.1. The van der Waals surface area contributed by atoms with Crippen LogP contribution in [-0.2, 0) is 0 Å². The molecular formula is C21H18ClN5O2. The first-order chi connectivity index (χ1) is 14.0. The van der Waals surface area contributed by atoms with Crippen LogP contribution in [0.1, 0.15) is 21.7 Å². The molecule has 4 rings (SSSR count). The SMILES string of the molecule is COc1ccc(-c2cnn3c(C)c(C(=O)Nc4ccc(C)c(Cl)c4)nnc23)cc1. The fraction of sp³-hybridized carbons (Fsp3) is 0.143. The second-order valence-corrected chi connectivity index (χ2v) is 6.98. The van der Waals surface area contributed by atoms with Gasteiger partial charge < -0.3 is 10.1 Å². The van der Waals surface area contributed by atoms with E-state index in [1.165, 1.54) is 0 Å². The molecule has 0 aliphatic heterocycles. The highest BCUT2D eigenvalue weighted by Gasteiger charge is 2.18. The second kappa shape index (κ2) is 7.52. The van der Waals surface area contributed by atoms with E-state index in [-0.39, 0.29) is 11.6 Å². The Morgan fingerprint density at radius 1 is 1.10 bits per heavy atom. The molecule has 1 amide bonds. The quantitative estimate of drug-likeness (QED) is 0.544. The average Bonchev–Trinajstić information content (AvgIpc) is 3.16. The number of aromatic nitrogens is 4. The molecule has 2 aromatic heterocycles. The van der Waals surface area contributed by atoms with Gasteiger partial charge in [-0.1, -0.05) is 29.8 Å². The summed E-state index contributed by atoms with van der Waals surface area (Å²) in [5, 5.41) is 16.2. The van der Waals surface area contributed by atoms with Crippen molar-refractivity contribution >= 4 is 28.8 Å². The molecule has 146 valence electrons. The Balaban J connectivity index is 1.67. The Hall–Kier alpha value is -3.45. The number of ether oxygens (including phenoxy) is 1. The van der Waals surface area contributed by atoms with Crippen LogP contribution < -0.4 is 10.1 Å². The predicted molar refractivity (Wildman–Crippen MR) is 112 cm³/mol. The van der Waals surface area contributed by atoms with E-state index in [4.69, 9.17) is 16.3 Å². The van der Waals surface area contributed by atoms with E-state index < -0.39 is 0 Å². The van der Waals surface area contributed by atoms with Gasteiger partial charge >= 0.3 is 0 Å². The van der Waals surface area contributed by atoms with Crippen LogP contribution in [0, 0.1) is 13.8 Å². The van der Waals surface area contributed by atoms with E-state index >= 15 is 0 Å². The van der Waals surface area contributed by atoms with Gasteiger partial charge in [0.1, 0.15) is 5.75 Å². The summed E-state index contributed by atoms with van der Waals surface area (Å²) in [4.78, 5) is 12.7. The number of amides is 1. The Morgan fingerprint density at radius 3 is 2.55 bits per heavy atom. The molecule has 0 radical (unpaired) electrons. The summed E-state index contributed by atoms with van der Waals surface area (Å²) in [6.45, 7) is 3.68. The normalized spacial score (nSPS) is 10.9. The molecule has 0 fully saturated rings. The minimum absolute atomic E-state index is 0.193. The maximum atomic E-state index is 12.7. The number of nitrogens with zero attached hydrogens (tertiary/aromatic N) is 4. The first-order valence-electron chi connectivity index (χ1n) is 8.91. The molecule has 0 atom stereocenters. The molecule has 0 saturated heterocycles. The third-order valence-corrected chi connectivity index (χ3v) is 5.10. The molecular weight excluding hydrogens is 390 g/mol. The molecule has 2 heterocycles. The van der Waals surface area contributed by atoms with Crippen molar-refractivity contribution in [2.75, 3.05) is 12.4 Å². The highest BCUT2D eigenvalue weighted by Crippen LogP contribution is 2.26. The van der Waals surface area contributed by atoms with Crippen molar-refractivity contribution < 1.29 is 9.53 Å². The van der Waals surface area contributed by atoms with Crippen molar-refractivity contribution in [2.45, 2.75) is 13.8 Å². The highest BCUT2D eigenvalue weighted by atomic mass is 35.5. The summed E-state index contributed by atoms with van der Waals surface area (Å²) in [6, 6.07) is 12.9. The van der Waals surface area contributed by atoms with Crippen LogP contribution in [0.5, 0.6) is 5.75 Å². The topological polar surface area (TPSA) is 81.4 Å². The van der Waals surface area contributed by atoms with Crippen LogP contribution in [0.15, 0.2) is 48.7 Å². The fourth-order valence-corrected chi connectivity index (χ4v) is 3.18. The molecule has 0 spiro atoms. The van der Waals surface area contributed by atoms with Gasteiger partial charge in [-0.3, -0.25) is 4.79 Å². The van der Waals surface area contributed by atoms with Gasteiger partial charge in [0.2, 0.25) is 0 Å². The number of rotatable bonds is 4. The van der Waals surface area contributed by atoms with Crippen molar-refractivity contribution in [1.82, 2.24) is 19.8 Å². The number of benzene rings is 2. The number of halogens is 1. The molecule has 0 bridgehead atoms. The Labute approximate surface area is 172 Å². The van der Waals surface area contributed by atoms with Gasteiger partial charge in [-0.15, -0.1) is 10.2 Å². The Morgan fingerprint density at radius 2 is 1.86 bits per heavy atom. The Kier molecular flexibility index (Phi) is 4.90. The minimum atomic E-state index is -0.377. The summed E-state index contributed by atoms with van der Waals surface area (Å²) < 4.78 is 6.81. The molecule has 2 aromatic carbocycles. The summed E-state index contributed by atoms with van der Waals surface area (Å²) >= 11 is 6.13. The van der Waals surface area contributed by atoms with Crippen molar-refractivity contribution in [3.05, 3.63) is 70.6 Å². The number of carbonyl (C=O) groups excluding carboxylic acids is 1. The van der Waals surface area contributed by atoms with Gasteiger partial charge in [-0.25, -0.2) is 4.52 Å². The van der Waals surface area contributed by atoms with Crippen LogP contribution in [-0.4, -0.2) is 32.8 Å². The minimum Gasteiger partial charge on any atom is -0.497 e. The van der Waals surface area contributed by atoms with Gasteiger partial charge in [0.25, 0.3) is 5.91 Å². The van der Waals surface area contributed by atoms with Crippen molar-refractivity contribution in [1.29, 1.82) is 0 Å². The number of hydrogen-bond donors (Lipinski definition) is 1. The zero-order valence-electron chi connectivity index (χ0n) is 16.1. The molecule has 0 unspecified atom stereocenters. The molecule has 1 N–H and O–H groups in total. The van der Waals surface area contributed by atoms with E-state index in [0.29, 0.717) is 22.1 Å². The van der Waals surface area contributed by atoms with E-state index in [1.807, 2.05) is 37.3 Å². The van der Waals surface area contributed by atoms with Gasteiger partial charge in [0, 0.05) is 16.3 Å². The van der Waals surface area contributed by atoms with Crippen molar-refractivity contribution in [2.24, 2.45) is 0 Å². The third kappa shape index (κ3) is 3.52. The predicted octanol–water partition coefficient (Wildman–Crippen LogP) is 4.32. The summed E-state index contributed by atoms with van der Waals surface area (Å²) in [5.74, 6) is 0.390. The molecule has 4 aromatic rings. The monoisotopic (exact) mass is 407 g/mol. The first-order valence-corrected chi connectivity index (χ1v) is 9.28. The zero-order chi connectivity index (χ0) is 20.5. The van der Waals surface area contributed by atoms with Crippen LogP contribution in [0.4, 0.5) is 5.69 Å². The van der Waals surface area contributed by atoms with E-state index in [0.717, 1.165) is 22.4 Å². The maximum absolute atomic E-state index is 12.7. The summed E-state index contributed by atoms with van der Waals surface area (Å²) in [5.41, 5.74) is 4.63. The van der Waals surface area contributed by atoms with Gasteiger partial charge in [-0.05, 0) is 49.2 Å². The third-order valence-electron chi connectivity index (χ3n) is 4.69. The molecule has 0 saturated carbocycles. The molecule has 0 aliphatic rings. The largest absolute Gasteiger partial charge is 0.497 e. The van der Waals surface area contributed by atoms with E-state index in [1.54, 1.807) is 36.9 Å². The number of nitrogens with one attached hydrogen (secondary N) is 1. The van der Waals surface area contributed by atoms with Crippen LogP contribution in [0.2, 0.25) is 5.02 Å². The first kappa shape index (κ1) is 18.9. The van der Waals surface area contributed by atoms with Crippen LogP contribution >= 0.6 is 11.6 Å². The number of hydrogen-bond acceptors (Lipinski definition) is 5. The smallest absolute Gasteiger partial charge is 0.278 e. The van der Waals surface area contributed by atoms with E-state index in [9.17, 15) is 4.79 Å². The number of anilines is 1. The van der Waals surface area contributed by atoms with Crippen LogP contribution in [0.3, 0.4) is 0 Å². The number of fused-ring (bicyclic) bond motifs is 1. The Bertz CT molecular complexity index is 1220. The van der Waals surface area contributed by atoms with Crippen LogP contribution in [0.25, 0.3) is 16.8 Å². The molecule has 7 nitrogen and oxygen atoms in total. The molecule has 8 heteroatoms. The van der Waals surface area contributed by atoms with E-state index in [2.05, 4.69) is 20.6 Å². The van der Waals surface area contributed by atoms with Gasteiger partial charge in [0.15, 0.2) is 11.3 Å². The lowest BCUT2D eigenvalue weighted by Crippen LogP contribution is -2.18. The van der Waals surface area contributed by atoms with Crippen molar-refractivity contribution in [3.63, 3.8) is 0 Å². The highest BCUT2D eigenvalue weighted by molar-refractivity contribution is 6.31. The number of aryl methyl sites for hydroxylation is 2. The van der Waals surface area contributed by atoms with Gasteiger partial charge in [0.05, 0.1) is 19.0 Å². The number of methoxy groups -OCH3 is 1. The lowest BCUT2D eigenvalue weighted by molar-refractivity contribution is 0.102. The summed E-state index contributed by atoms with van der Waals surface area (Å²) in [6.07, 6.45) is 1.71. The lowest BCUT2D eigenvalue weighted by Gasteiger charge is -2.09. The van der Waals surface area contributed by atoms with Gasteiger partial charge in [-0.2, -0.15) is 5.10 Å². The summed E-state index contributed by atoms with van der Waals surface area (Å²) in [7, 11) is 1.62. The fourth-order valence-electron chi connectivity index (χ4n) is 3.00. The average molecular weight is 408 g/mol.